The molecular formula is C17H17NO2S. The van der Waals surface area contributed by atoms with E-state index in [0.29, 0.717) is 4.88 Å². The van der Waals surface area contributed by atoms with Crippen LogP contribution in [0.1, 0.15) is 32.6 Å². The van der Waals surface area contributed by atoms with E-state index in [1.54, 1.807) is 0 Å². The molecule has 1 aromatic carbocycles. The number of aliphatic hydroxyl groups excluding tert-OH is 1. The van der Waals surface area contributed by atoms with Crippen LogP contribution in [0.2, 0.25) is 0 Å². The summed E-state index contributed by atoms with van der Waals surface area (Å²) < 4.78 is 0. The molecule has 1 amide bonds. The number of anilines is 1. The lowest BCUT2D eigenvalue weighted by molar-refractivity contribution is 0.103. The monoisotopic (exact) mass is 299 g/mol. The van der Waals surface area contributed by atoms with Gasteiger partial charge in [0.05, 0.1) is 4.88 Å². The van der Waals surface area contributed by atoms with Crippen LogP contribution in [0, 0.1) is 18.8 Å². The Hall–Kier alpha value is -2.09. The van der Waals surface area contributed by atoms with Gasteiger partial charge in [-0.15, -0.1) is 11.3 Å². The fourth-order valence-corrected chi connectivity index (χ4v) is 2.69. The standard InChI is InChI=1S/C17H17NO2S/c1-3-14-8-9-16(21-14)17(20)18-15-11-13(5-4-10-19)7-6-12(15)2/h6-9,11,19H,3,10H2,1-2H3,(H,18,20). The number of carbonyl (C=O) groups excluding carboxylic acids is 1. The Morgan fingerprint density at radius 1 is 1.33 bits per heavy atom. The summed E-state index contributed by atoms with van der Waals surface area (Å²) in [5.74, 6) is 5.34. The number of nitrogens with one attached hydrogen (secondary N) is 1. The summed E-state index contributed by atoms with van der Waals surface area (Å²) in [7, 11) is 0. The highest BCUT2D eigenvalue weighted by molar-refractivity contribution is 7.14. The number of rotatable bonds is 3. The summed E-state index contributed by atoms with van der Waals surface area (Å²) in [6.45, 7) is 3.83. The van der Waals surface area contributed by atoms with E-state index in [2.05, 4.69) is 24.1 Å². The molecule has 1 heterocycles. The highest BCUT2D eigenvalue weighted by Gasteiger charge is 2.10. The number of hydrogen-bond acceptors (Lipinski definition) is 3. The molecule has 0 aliphatic rings. The van der Waals surface area contributed by atoms with E-state index in [9.17, 15) is 4.79 Å². The third-order valence-electron chi connectivity index (χ3n) is 3.03. The molecule has 0 saturated heterocycles. The molecule has 0 bridgehead atoms. The van der Waals surface area contributed by atoms with Crippen LogP contribution >= 0.6 is 11.3 Å². The zero-order valence-corrected chi connectivity index (χ0v) is 12.9. The smallest absolute Gasteiger partial charge is 0.265 e. The molecule has 0 aliphatic heterocycles. The minimum absolute atomic E-state index is 0.102. The second-order valence-corrected chi connectivity index (χ2v) is 5.73. The predicted octanol–water partition coefficient (Wildman–Crippen LogP) is 3.22. The summed E-state index contributed by atoms with van der Waals surface area (Å²) in [5.41, 5.74) is 2.49. The average Bonchev–Trinajstić information content (AvgIpc) is 2.97. The minimum atomic E-state index is -0.176. The second-order valence-electron chi connectivity index (χ2n) is 4.56. The van der Waals surface area contributed by atoms with Gasteiger partial charge in [0.15, 0.2) is 0 Å². The molecule has 2 aromatic rings. The molecule has 2 N–H and O–H groups in total. The van der Waals surface area contributed by atoms with E-state index in [4.69, 9.17) is 5.11 Å². The summed E-state index contributed by atoms with van der Waals surface area (Å²) in [5, 5.41) is 11.7. The SMILES string of the molecule is CCc1ccc(C(=O)Nc2cc(C#CCO)ccc2C)s1. The molecule has 0 aliphatic carbocycles. The molecule has 0 saturated carbocycles. The molecule has 1 aromatic heterocycles. The van der Waals surface area contributed by atoms with E-state index in [0.717, 1.165) is 23.2 Å². The fourth-order valence-electron chi connectivity index (χ4n) is 1.85. The maximum Gasteiger partial charge on any atom is 0.265 e. The summed E-state index contributed by atoms with van der Waals surface area (Å²) >= 11 is 1.51. The lowest BCUT2D eigenvalue weighted by Gasteiger charge is -2.08. The van der Waals surface area contributed by atoms with Crippen molar-refractivity contribution in [2.24, 2.45) is 0 Å². The fraction of sp³-hybridized carbons (Fsp3) is 0.235. The van der Waals surface area contributed by atoms with Crippen LogP contribution in [0.15, 0.2) is 30.3 Å². The van der Waals surface area contributed by atoms with Gasteiger partial charge >= 0.3 is 0 Å². The first-order chi connectivity index (χ1) is 10.1. The van der Waals surface area contributed by atoms with Gasteiger partial charge in [0, 0.05) is 16.1 Å². The van der Waals surface area contributed by atoms with Crippen molar-refractivity contribution in [3.63, 3.8) is 0 Å². The molecule has 21 heavy (non-hydrogen) atoms. The van der Waals surface area contributed by atoms with E-state index < -0.39 is 0 Å². The maximum absolute atomic E-state index is 12.2. The first-order valence-corrected chi connectivity index (χ1v) is 7.56. The Labute approximate surface area is 128 Å². The number of thiophene rings is 1. The van der Waals surface area contributed by atoms with Gasteiger partial charge < -0.3 is 10.4 Å². The number of carbonyl (C=O) groups is 1. The van der Waals surface area contributed by atoms with Gasteiger partial charge in [0.25, 0.3) is 5.91 Å². The van der Waals surface area contributed by atoms with Gasteiger partial charge in [0.1, 0.15) is 6.61 Å². The van der Waals surface area contributed by atoms with Crippen molar-refractivity contribution in [1.82, 2.24) is 0 Å². The molecule has 108 valence electrons. The molecule has 0 fully saturated rings. The van der Waals surface area contributed by atoms with Crippen LogP contribution in [-0.2, 0) is 6.42 Å². The molecule has 0 radical (unpaired) electrons. The molecular weight excluding hydrogens is 282 g/mol. The van der Waals surface area contributed by atoms with Gasteiger partial charge in [-0.1, -0.05) is 24.8 Å². The number of hydrogen-bond donors (Lipinski definition) is 2. The zero-order valence-electron chi connectivity index (χ0n) is 12.1. The Morgan fingerprint density at radius 2 is 2.14 bits per heavy atom. The van der Waals surface area contributed by atoms with Gasteiger partial charge in [-0.2, -0.15) is 0 Å². The van der Waals surface area contributed by atoms with Gasteiger partial charge in [-0.25, -0.2) is 0 Å². The third kappa shape index (κ3) is 3.94. The van der Waals surface area contributed by atoms with Crippen LogP contribution < -0.4 is 5.32 Å². The Bertz CT molecular complexity index is 707. The van der Waals surface area contributed by atoms with Gasteiger partial charge in [0.2, 0.25) is 0 Å². The van der Waals surface area contributed by atoms with Crippen molar-refractivity contribution in [3.05, 3.63) is 51.2 Å². The van der Waals surface area contributed by atoms with E-state index in [1.807, 2.05) is 37.3 Å². The van der Waals surface area contributed by atoms with Crippen molar-refractivity contribution in [3.8, 4) is 11.8 Å². The molecule has 0 atom stereocenters. The van der Waals surface area contributed by atoms with Crippen LogP contribution in [0.4, 0.5) is 5.69 Å². The van der Waals surface area contributed by atoms with Crippen molar-refractivity contribution in [2.75, 3.05) is 11.9 Å². The number of amides is 1. The first-order valence-electron chi connectivity index (χ1n) is 6.74. The molecule has 0 spiro atoms. The van der Waals surface area contributed by atoms with Crippen LogP contribution in [-0.4, -0.2) is 17.6 Å². The minimum Gasteiger partial charge on any atom is -0.384 e. The first kappa shape index (κ1) is 15.3. The molecule has 2 rings (SSSR count). The largest absolute Gasteiger partial charge is 0.384 e. The Balaban J connectivity index is 2.20. The normalized spacial score (nSPS) is 9.86. The molecule has 4 heteroatoms. The summed E-state index contributed by atoms with van der Waals surface area (Å²) in [6.07, 6.45) is 0.934. The maximum atomic E-state index is 12.2. The predicted molar refractivity (Wildman–Crippen MR) is 86.8 cm³/mol. The number of benzene rings is 1. The Kier molecular flexibility index (Phi) is 5.15. The van der Waals surface area contributed by atoms with Gasteiger partial charge in [-0.3, -0.25) is 4.79 Å². The zero-order chi connectivity index (χ0) is 15.2. The summed E-state index contributed by atoms with van der Waals surface area (Å²) in [4.78, 5) is 14.1. The van der Waals surface area contributed by atoms with Crippen molar-refractivity contribution in [2.45, 2.75) is 20.3 Å². The highest BCUT2D eigenvalue weighted by Crippen LogP contribution is 2.21. The quantitative estimate of drug-likeness (QED) is 0.855. The van der Waals surface area contributed by atoms with Crippen molar-refractivity contribution in [1.29, 1.82) is 0 Å². The third-order valence-corrected chi connectivity index (χ3v) is 4.26. The van der Waals surface area contributed by atoms with Crippen LogP contribution in [0.25, 0.3) is 0 Å². The van der Waals surface area contributed by atoms with Crippen LogP contribution in [0.5, 0.6) is 0 Å². The lowest BCUT2D eigenvalue weighted by Crippen LogP contribution is -2.11. The van der Waals surface area contributed by atoms with Crippen molar-refractivity contribution >= 4 is 22.9 Å². The van der Waals surface area contributed by atoms with E-state index in [-0.39, 0.29) is 12.5 Å². The van der Waals surface area contributed by atoms with Gasteiger partial charge in [-0.05, 0) is 43.2 Å². The van der Waals surface area contributed by atoms with Crippen molar-refractivity contribution < 1.29 is 9.90 Å². The topological polar surface area (TPSA) is 49.3 Å². The lowest BCUT2D eigenvalue weighted by atomic mass is 10.1. The van der Waals surface area contributed by atoms with E-state index in [1.165, 1.54) is 16.2 Å². The molecule has 3 nitrogen and oxygen atoms in total. The number of aliphatic hydroxyl groups is 1. The molecule has 0 unspecified atom stereocenters. The second kappa shape index (κ2) is 7.07. The van der Waals surface area contributed by atoms with E-state index >= 15 is 0 Å². The van der Waals surface area contributed by atoms with Crippen LogP contribution in [0.3, 0.4) is 0 Å². The Morgan fingerprint density at radius 3 is 2.81 bits per heavy atom. The average molecular weight is 299 g/mol. The highest BCUT2D eigenvalue weighted by atomic mass is 32.1. The number of aryl methyl sites for hydroxylation is 2. The summed E-state index contributed by atoms with van der Waals surface area (Å²) in [6, 6.07) is 9.43.